The molecule has 0 radical (unpaired) electrons. The SMILES string of the molecule is NCCCCc1ccc(O)c(/C=N\O)n1. The molecule has 0 aliphatic heterocycles. The number of nitrogens with two attached hydrogens (primary N) is 1. The van der Waals surface area contributed by atoms with Crippen LogP contribution in [0.15, 0.2) is 17.3 Å². The fourth-order valence-corrected chi connectivity index (χ4v) is 1.25. The van der Waals surface area contributed by atoms with Crippen molar-refractivity contribution in [3.05, 3.63) is 23.5 Å². The highest BCUT2D eigenvalue weighted by Gasteiger charge is 2.02. The van der Waals surface area contributed by atoms with E-state index in [0.29, 0.717) is 6.54 Å². The number of pyridine rings is 1. The quantitative estimate of drug-likeness (QED) is 0.290. The molecule has 0 aliphatic carbocycles. The smallest absolute Gasteiger partial charge is 0.142 e. The van der Waals surface area contributed by atoms with Gasteiger partial charge in [-0.2, -0.15) is 0 Å². The number of hydrogen-bond acceptors (Lipinski definition) is 5. The van der Waals surface area contributed by atoms with Gasteiger partial charge in [-0.3, -0.25) is 0 Å². The Kier molecular flexibility index (Phi) is 4.56. The number of aryl methyl sites for hydroxylation is 1. The van der Waals surface area contributed by atoms with Crippen LogP contribution in [0.4, 0.5) is 0 Å². The lowest BCUT2D eigenvalue weighted by atomic mass is 10.1. The maximum Gasteiger partial charge on any atom is 0.142 e. The lowest BCUT2D eigenvalue weighted by molar-refractivity contribution is 0.321. The van der Waals surface area contributed by atoms with Gasteiger partial charge in [0.25, 0.3) is 0 Å². The first-order valence-electron chi connectivity index (χ1n) is 4.84. The standard InChI is InChI=1S/C10H15N3O2/c11-6-2-1-3-8-4-5-10(14)9(13-8)7-12-15/h4-5,7,14-15H,1-3,6,11H2/b12-7-. The van der Waals surface area contributed by atoms with Crippen LogP contribution >= 0.6 is 0 Å². The average molecular weight is 209 g/mol. The van der Waals surface area contributed by atoms with Gasteiger partial charge in [0.05, 0.1) is 6.21 Å². The van der Waals surface area contributed by atoms with Crippen molar-refractivity contribution in [2.45, 2.75) is 19.3 Å². The normalized spacial score (nSPS) is 11.0. The molecule has 0 spiro atoms. The van der Waals surface area contributed by atoms with Crippen LogP contribution in [0.5, 0.6) is 5.75 Å². The summed E-state index contributed by atoms with van der Waals surface area (Å²) in [6.07, 6.45) is 3.83. The van der Waals surface area contributed by atoms with Crippen LogP contribution in [0.3, 0.4) is 0 Å². The van der Waals surface area contributed by atoms with E-state index < -0.39 is 0 Å². The predicted octanol–water partition coefficient (Wildman–Crippen LogP) is 0.877. The molecule has 0 saturated heterocycles. The summed E-state index contributed by atoms with van der Waals surface area (Å²) < 4.78 is 0. The molecular formula is C10H15N3O2. The summed E-state index contributed by atoms with van der Waals surface area (Å²) in [6.45, 7) is 0.670. The highest BCUT2D eigenvalue weighted by molar-refractivity contribution is 5.80. The Balaban J connectivity index is 2.69. The van der Waals surface area contributed by atoms with E-state index in [1.165, 1.54) is 0 Å². The molecule has 1 rings (SSSR count). The Labute approximate surface area is 88.3 Å². The minimum atomic E-state index is 0.00961. The summed E-state index contributed by atoms with van der Waals surface area (Å²) in [6, 6.07) is 3.29. The molecule has 4 N–H and O–H groups in total. The van der Waals surface area contributed by atoms with Crippen LogP contribution in [-0.2, 0) is 6.42 Å². The summed E-state index contributed by atoms with van der Waals surface area (Å²) >= 11 is 0. The van der Waals surface area contributed by atoms with Crippen molar-refractivity contribution in [2.24, 2.45) is 10.9 Å². The number of hydrogen-bond donors (Lipinski definition) is 3. The maximum absolute atomic E-state index is 9.35. The second-order valence-electron chi connectivity index (χ2n) is 3.20. The molecule has 1 aromatic heterocycles. The molecule has 0 amide bonds. The van der Waals surface area contributed by atoms with Crippen molar-refractivity contribution in [2.75, 3.05) is 6.54 Å². The van der Waals surface area contributed by atoms with E-state index in [1.807, 2.05) is 0 Å². The van der Waals surface area contributed by atoms with E-state index in [0.717, 1.165) is 31.2 Å². The third-order valence-electron chi connectivity index (χ3n) is 2.03. The Bertz CT molecular complexity index is 339. The Hall–Kier alpha value is -1.62. The van der Waals surface area contributed by atoms with Gasteiger partial charge in [-0.05, 0) is 37.9 Å². The number of nitrogens with zero attached hydrogens (tertiary/aromatic N) is 2. The van der Waals surface area contributed by atoms with Crippen molar-refractivity contribution < 1.29 is 10.3 Å². The monoisotopic (exact) mass is 209 g/mol. The van der Waals surface area contributed by atoms with Crippen LogP contribution in [0.1, 0.15) is 24.2 Å². The Morgan fingerprint density at radius 1 is 1.40 bits per heavy atom. The number of rotatable bonds is 5. The van der Waals surface area contributed by atoms with E-state index >= 15 is 0 Å². The zero-order valence-electron chi connectivity index (χ0n) is 8.43. The first-order valence-corrected chi connectivity index (χ1v) is 4.84. The second kappa shape index (κ2) is 5.98. The zero-order chi connectivity index (χ0) is 11.1. The average Bonchev–Trinajstić information content (AvgIpc) is 2.23. The highest BCUT2D eigenvalue weighted by atomic mass is 16.4. The van der Waals surface area contributed by atoms with Crippen molar-refractivity contribution in [1.29, 1.82) is 0 Å². The third kappa shape index (κ3) is 3.55. The van der Waals surface area contributed by atoms with Crippen LogP contribution in [0.25, 0.3) is 0 Å². The van der Waals surface area contributed by atoms with Crippen molar-refractivity contribution in [1.82, 2.24) is 4.98 Å². The molecule has 1 aromatic rings. The first kappa shape index (κ1) is 11.5. The fraction of sp³-hybridized carbons (Fsp3) is 0.400. The van der Waals surface area contributed by atoms with Gasteiger partial charge in [0.2, 0.25) is 0 Å². The molecule has 0 unspecified atom stereocenters. The fourth-order valence-electron chi connectivity index (χ4n) is 1.25. The van der Waals surface area contributed by atoms with E-state index in [9.17, 15) is 5.11 Å². The third-order valence-corrected chi connectivity index (χ3v) is 2.03. The van der Waals surface area contributed by atoms with E-state index in [1.54, 1.807) is 12.1 Å². The van der Waals surface area contributed by atoms with Gasteiger partial charge in [0.1, 0.15) is 11.4 Å². The topological polar surface area (TPSA) is 91.7 Å². The minimum Gasteiger partial charge on any atom is -0.506 e. The molecule has 15 heavy (non-hydrogen) atoms. The molecular weight excluding hydrogens is 194 g/mol. The lowest BCUT2D eigenvalue weighted by Crippen LogP contribution is -2.00. The molecule has 0 aromatic carbocycles. The predicted molar refractivity (Wildman–Crippen MR) is 57.3 cm³/mol. The van der Waals surface area contributed by atoms with Gasteiger partial charge < -0.3 is 16.0 Å². The lowest BCUT2D eigenvalue weighted by Gasteiger charge is -2.02. The molecule has 0 fully saturated rings. The van der Waals surface area contributed by atoms with Gasteiger partial charge in [-0.15, -0.1) is 0 Å². The molecule has 0 aliphatic rings. The number of unbranched alkanes of at least 4 members (excludes halogenated alkanes) is 1. The van der Waals surface area contributed by atoms with Crippen LogP contribution in [0.2, 0.25) is 0 Å². The van der Waals surface area contributed by atoms with Crippen molar-refractivity contribution in [3.63, 3.8) is 0 Å². The number of oxime groups is 1. The number of aromatic nitrogens is 1. The summed E-state index contributed by atoms with van der Waals surface area (Å²) in [5.74, 6) is 0.00961. The van der Waals surface area contributed by atoms with Crippen LogP contribution in [0, 0.1) is 0 Å². The van der Waals surface area contributed by atoms with Gasteiger partial charge in [0.15, 0.2) is 0 Å². The van der Waals surface area contributed by atoms with Gasteiger partial charge >= 0.3 is 0 Å². The second-order valence-corrected chi connectivity index (χ2v) is 3.20. The summed E-state index contributed by atoms with van der Waals surface area (Å²) in [5, 5.41) is 20.5. The van der Waals surface area contributed by atoms with Crippen molar-refractivity contribution >= 4 is 6.21 Å². The molecule has 5 heteroatoms. The van der Waals surface area contributed by atoms with E-state index in [4.69, 9.17) is 10.9 Å². The molecule has 82 valence electrons. The minimum absolute atomic E-state index is 0.00961. The molecule has 0 saturated carbocycles. The van der Waals surface area contributed by atoms with Gasteiger partial charge in [0, 0.05) is 5.69 Å². The summed E-state index contributed by atoms with van der Waals surface area (Å²) in [7, 11) is 0. The Morgan fingerprint density at radius 3 is 2.87 bits per heavy atom. The maximum atomic E-state index is 9.35. The first-order chi connectivity index (χ1) is 7.27. The Morgan fingerprint density at radius 2 is 2.20 bits per heavy atom. The van der Waals surface area contributed by atoms with Crippen LogP contribution < -0.4 is 5.73 Å². The van der Waals surface area contributed by atoms with Gasteiger partial charge in [-0.25, -0.2) is 4.98 Å². The molecule has 0 atom stereocenters. The molecule has 5 nitrogen and oxygen atoms in total. The number of aromatic hydroxyl groups is 1. The molecule has 0 bridgehead atoms. The van der Waals surface area contributed by atoms with Crippen LogP contribution in [-0.4, -0.2) is 28.1 Å². The summed E-state index contributed by atoms with van der Waals surface area (Å²) in [4.78, 5) is 4.13. The highest BCUT2D eigenvalue weighted by Crippen LogP contribution is 2.14. The zero-order valence-corrected chi connectivity index (χ0v) is 8.43. The van der Waals surface area contributed by atoms with E-state index in [2.05, 4.69) is 10.1 Å². The molecule has 1 heterocycles. The van der Waals surface area contributed by atoms with E-state index in [-0.39, 0.29) is 11.4 Å². The largest absolute Gasteiger partial charge is 0.506 e. The van der Waals surface area contributed by atoms with Crippen molar-refractivity contribution in [3.8, 4) is 5.75 Å². The summed E-state index contributed by atoms with van der Waals surface area (Å²) in [5.41, 5.74) is 6.52. The van der Waals surface area contributed by atoms with Gasteiger partial charge in [-0.1, -0.05) is 5.16 Å².